The van der Waals surface area contributed by atoms with Crippen molar-refractivity contribution in [1.82, 2.24) is 16.0 Å². The van der Waals surface area contributed by atoms with Gasteiger partial charge < -0.3 is 21.4 Å². The van der Waals surface area contributed by atoms with Crippen LogP contribution in [0.5, 0.6) is 0 Å². The summed E-state index contributed by atoms with van der Waals surface area (Å²) in [6, 6.07) is 8.98. The lowest BCUT2D eigenvalue weighted by Gasteiger charge is -2.23. The van der Waals surface area contributed by atoms with E-state index < -0.39 is 47.2 Å². The Bertz CT molecular complexity index is 1060. The minimum Gasteiger partial charge on any atom is -0.350 e. The number of hydrogen-bond donors (Lipinski definition) is 4. The van der Waals surface area contributed by atoms with Gasteiger partial charge in [-0.25, -0.2) is 8.78 Å². The molecule has 0 aliphatic rings. The second-order valence-corrected chi connectivity index (χ2v) is 7.82. The topological polar surface area (TPSA) is 128 Å². The lowest BCUT2D eigenvalue weighted by molar-refractivity contribution is -0.132. The SMILES string of the molecule is CCC(=O)N[C@@H](Cc1ccccc1F)C(=O)N[C@@H](CCC(=O)C=N)C(=O)NCc1ccc(F)cc1. The number of hydrogen-bond acceptors (Lipinski definition) is 5. The van der Waals surface area contributed by atoms with Crippen molar-refractivity contribution < 1.29 is 28.0 Å². The first kappa shape index (κ1) is 27.3. The molecule has 10 heteroatoms. The molecule has 0 aliphatic carbocycles. The van der Waals surface area contributed by atoms with E-state index in [1.54, 1.807) is 13.0 Å². The molecule has 0 fully saturated rings. The third kappa shape index (κ3) is 9.07. The molecular weight excluding hydrogens is 458 g/mol. The van der Waals surface area contributed by atoms with E-state index in [2.05, 4.69) is 16.0 Å². The Labute approximate surface area is 202 Å². The minimum atomic E-state index is -1.16. The number of ketones is 1. The molecule has 3 amide bonds. The summed E-state index contributed by atoms with van der Waals surface area (Å²) in [6.07, 6.45) is 0.308. The number of halogens is 2. The smallest absolute Gasteiger partial charge is 0.243 e. The predicted molar refractivity (Wildman–Crippen MR) is 126 cm³/mol. The van der Waals surface area contributed by atoms with Crippen LogP contribution in [-0.2, 0) is 32.1 Å². The Morgan fingerprint density at radius 3 is 2.26 bits per heavy atom. The van der Waals surface area contributed by atoms with E-state index in [1.807, 2.05) is 0 Å². The van der Waals surface area contributed by atoms with Gasteiger partial charge in [0, 0.05) is 25.8 Å². The van der Waals surface area contributed by atoms with Gasteiger partial charge in [-0.15, -0.1) is 0 Å². The number of rotatable bonds is 13. The van der Waals surface area contributed by atoms with E-state index in [1.165, 1.54) is 42.5 Å². The third-order valence-corrected chi connectivity index (χ3v) is 5.21. The van der Waals surface area contributed by atoms with Crippen LogP contribution in [0.1, 0.15) is 37.3 Å². The van der Waals surface area contributed by atoms with Crippen molar-refractivity contribution >= 4 is 29.7 Å². The highest BCUT2D eigenvalue weighted by Crippen LogP contribution is 2.11. The van der Waals surface area contributed by atoms with Crippen molar-refractivity contribution in [2.75, 3.05) is 0 Å². The fraction of sp³-hybridized carbons (Fsp3) is 0.320. The van der Waals surface area contributed by atoms with Crippen LogP contribution in [-0.4, -0.2) is 41.8 Å². The Kier molecular flexibility index (Phi) is 10.7. The monoisotopic (exact) mass is 486 g/mol. The molecule has 0 saturated heterocycles. The van der Waals surface area contributed by atoms with Crippen molar-refractivity contribution in [3.63, 3.8) is 0 Å². The van der Waals surface area contributed by atoms with Gasteiger partial charge in [0.1, 0.15) is 23.7 Å². The zero-order valence-corrected chi connectivity index (χ0v) is 19.3. The summed E-state index contributed by atoms with van der Waals surface area (Å²) in [5.41, 5.74) is 0.827. The molecule has 8 nitrogen and oxygen atoms in total. The summed E-state index contributed by atoms with van der Waals surface area (Å²) < 4.78 is 27.3. The number of carbonyl (C=O) groups is 4. The van der Waals surface area contributed by atoms with Crippen molar-refractivity contribution in [2.45, 2.75) is 51.2 Å². The van der Waals surface area contributed by atoms with Gasteiger partial charge in [-0.05, 0) is 35.7 Å². The quantitative estimate of drug-likeness (QED) is 0.324. The van der Waals surface area contributed by atoms with E-state index in [9.17, 15) is 28.0 Å². The normalized spacial score (nSPS) is 12.2. The first-order chi connectivity index (χ1) is 16.7. The first-order valence-electron chi connectivity index (χ1n) is 11.1. The number of carbonyl (C=O) groups excluding carboxylic acids is 4. The van der Waals surface area contributed by atoms with Gasteiger partial charge in [-0.1, -0.05) is 37.3 Å². The lowest BCUT2D eigenvalue weighted by atomic mass is 10.0. The van der Waals surface area contributed by atoms with Gasteiger partial charge >= 0.3 is 0 Å². The largest absolute Gasteiger partial charge is 0.350 e. The molecule has 0 unspecified atom stereocenters. The summed E-state index contributed by atoms with van der Waals surface area (Å²) >= 11 is 0. The molecule has 2 aromatic rings. The van der Waals surface area contributed by atoms with Crippen LogP contribution >= 0.6 is 0 Å². The Morgan fingerprint density at radius 1 is 0.943 bits per heavy atom. The molecule has 2 rings (SSSR count). The maximum Gasteiger partial charge on any atom is 0.243 e. The highest BCUT2D eigenvalue weighted by Gasteiger charge is 2.27. The minimum absolute atomic E-state index is 0.0508. The van der Waals surface area contributed by atoms with Crippen LogP contribution in [0.25, 0.3) is 0 Å². The van der Waals surface area contributed by atoms with E-state index in [4.69, 9.17) is 5.41 Å². The van der Waals surface area contributed by atoms with Gasteiger partial charge in [0.2, 0.25) is 17.7 Å². The second-order valence-electron chi connectivity index (χ2n) is 7.82. The summed E-state index contributed by atoms with van der Waals surface area (Å²) in [6.45, 7) is 1.65. The van der Waals surface area contributed by atoms with Gasteiger partial charge in [0.05, 0.1) is 6.21 Å². The average Bonchev–Trinajstić information content (AvgIpc) is 2.86. The Morgan fingerprint density at radius 2 is 1.63 bits per heavy atom. The van der Waals surface area contributed by atoms with Crippen LogP contribution in [0.2, 0.25) is 0 Å². The van der Waals surface area contributed by atoms with Gasteiger partial charge in [0.15, 0.2) is 5.78 Å². The number of Topliss-reactive ketones (excluding diaryl/α,β-unsaturated/α-hetero) is 1. The molecule has 4 N–H and O–H groups in total. The van der Waals surface area contributed by atoms with E-state index in [0.717, 1.165) is 0 Å². The molecule has 35 heavy (non-hydrogen) atoms. The Hall–Kier alpha value is -3.95. The summed E-state index contributed by atoms with van der Waals surface area (Å²) in [5.74, 6) is -3.26. The van der Waals surface area contributed by atoms with Gasteiger partial charge in [-0.2, -0.15) is 0 Å². The molecule has 2 atom stereocenters. The second kappa shape index (κ2) is 13.7. The fourth-order valence-corrected chi connectivity index (χ4v) is 3.20. The molecule has 0 saturated carbocycles. The van der Waals surface area contributed by atoms with Gasteiger partial charge in [0.25, 0.3) is 0 Å². The number of nitrogens with one attached hydrogen (secondary N) is 4. The van der Waals surface area contributed by atoms with E-state index >= 15 is 0 Å². The molecule has 0 radical (unpaired) electrons. The molecule has 0 spiro atoms. The van der Waals surface area contributed by atoms with Crippen molar-refractivity contribution in [1.29, 1.82) is 5.41 Å². The zero-order valence-electron chi connectivity index (χ0n) is 19.3. The molecule has 0 aliphatic heterocycles. The van der Waals surface area contributed by atoms with Crippen molar-refractivity contribution in [2.24, 2.45) is 0 Å². The van der Waals surface area contributed by atoms with E-state index in [0.29, 0.717) is 11.8 Å². The van der Waals surface area contributed by atoms with E-state index in [-0.39, 0.29) is 37.8 Å². The van der Waals surface area contributed by atoms with Crippen LogP contribution < -0.4 is 16.0 Å². The maximum absolute atomic E-state index is 14.2. The standard InChI is InChI=1S/C25H28F2N4O4/c1-2-23(33)30-22(13-17-5-3-4-6-20(17)27)25(35)31-21(12-11-19(32)14-28)24(34)29-15-16-7-9-18(26)10-8-16/h3-10,14,21-22,28H,2,11-13,15H2,1H3,(H,29,34)(H,30,33)(H,31,35)/t21-,22-/m0/s1. The zero-order chi connectivity index (χ0) is 25.8. The van der Waals surface area contributed by atoms with Crippen LogP contribution in [0.4, 0.5) is 8.78 Å². The van der Waals surface area contributed by atoms with Crippen LogP contribution in [0, 0.1) is 17.0 Å². The third-order valence-electron chi connectivity index (χ3n) is 5.21. The predicted octanol–water partition coefficient (Wildman–Crippen LogP) is 2.20. The highest BCUT2D eigenvalue weighted by molar-refractivity contribution is 6.26. The highest BCUT2D eigenvalue weighted by atomic mass is 19.1. The van der Waals surface area contributed by atoms with Crippen molar-refractivity contribution in [3.8, 4) is 0 Å². The number of benzene rings is 2. The molecule has 0 bridgehead atoms. The van der Waals surface area contributed by atoms with Crippen LogP contribution in [0.3, 0.4) is 0 Å². The summed E-state index contributed by atoms with van der Waals surface area (Å²) in [5, 5.41) is 14.7. The first-order valence-corrected chi connectivity index (χ1v) is 11.1. The molecule has 186 valence electrons. The number of amides is 3. The molecule has 2 aromatic carbocycles. The molecule has 0 heterocycles. The molecular formula is C25H28F2N4O4. The van der Waals surface area contributed by atoms with Gasteiger partial charge in [-0.3, -0.25) is 19.2 Å². The fourth-order valence-electron chi connectivity index (χ4n) is 3.20. The van der Waals surface area contributed by atoms with Crippen LogP contribution in [0.15, 0.2) is 48.5 Å². The lowest BCUT2D eigenvalue weighted by Crippen LogP contribution is -2.54. The Balaban J connectivity index is 2.16. The summed E-state index contributed by atoms with van der Waals surface area (Å²) in [4.78, 5) is 49.5. The average molecular weight is 487 g/mol. The molecule has 0 aromatic heterocycles. The van der Waals surface area contributed by atoms with Crippen molar-refractivity contribution in [3.05, 3.63) is 71.3 Å². The summed E-state index contributed by atoms with van der Waals surface area (Å²) in [7, 11) is 0. The maximum atomic E-state index is 14.2.